The molecule has 2 aromatic carbocycles. The van der Waals surface area contributed by atoms with Crippen LogP contribution in [0, 0.1) is 6.92 Å². The van der Waals surface area contributed by atoms with E-state index < -0.39 is 15.5 Å². The number of hydrogen-bond acceptors (Lipinski definition) is 6. The summed E-state index contributed by atoms with van der Waals surface area (Å²) in [6.45, 7) is 2.83. The van der Waals surface area contributed by atoms with Gasteiger partial charge in [-0.2, -0.15) is 0 Å². The Labute approximate surface area is 189 Å². The topological polar surface area (TPSA) is 102 Å². The Bertz CT molecular complexity index is 1130. The molecule has 2 aliphatic rings. The minimum Gasteiger partial charge on any atom is -0.496 e. The first-order valence-corrected chi connectivity index (χ1v) is 12.8. The molecule has 2 fully saturated rings. The van der Waals surface area contributed by atoms with Gasteiger partial charge in [-0.15, -0.1) is 0 Å². The Morgan fingerprint density at radius 3 is 2.59 bits per heavy atom. The Morgan fingerprint density at radius 2 is 1.94 bits per heavy atom. The molecule has 2 aromatic rings. The van der Waals surface area contributed by atoms with E-state index in [9.17, 15) is 13.2 Å². The smallest absolute Gasteiger partial charge is 0.256 e. The van der Waals surface area contributed by atoms with Crippen molar-refractivity contribution >= 4 is 21.4 Å². The number of benzene rings is 2. The first-order chi connectivity index (χ1) is 15.1. The van der Waals surface area contributed by atoms with E-state index >= 15 is 0 Å². The fourth-order valence-electron chi connectivity index (χ4n) is 5.14. The molecule has 0 saturated carbocycles. The lowest BCUT2D eigenvalue weighted by Gasteiger charge is -2.45. The molecule has 7 nitrogen and oxygen atoms in total. The fourth-order valence-corrected chi connectivity index (χ4v) is 5.96. The van der Waals surface area contributed by atoms with Crippen LogP contribution in [-0.4, -0.2) is 44.3 Å². The van der Waals surface area contributed by atoms with Crippen LogP contribution in [0.4, 0.5) is 5.69 Å². The van der Waals surface area contributed by atoms with Crippen molar-refractivity contribution in [2.75, 3.05) is 19.1 Å². The molecule has 0 aromatic heterocycles. The van der Waals surface area contributed by atoms with E-state index in [0.29, 0.717) is 6.04 Å². The van der Waals surface area contributed by atoms with Gasteiger partial charge >= 0.3 is 0 Å². The van der Waals surface area contributed by atoms with Gasteiger partial charge in [0.1, 0.15) is 5.75 Å². The second-order valence-electron chi connectivity index (χ2n) is 9.05. The first-order valence-electron chi connectivity index (χ1n) is 11.0. The standard InChI is InChI=1S/C24H31N3O4S/c1-16-6-8-17(9-7-16)15-27-18-5-4-11-24(27,12-10-18)26-23(28)19-13-22(32(3,29)30)20(25)14-21(19)31-2/h6-9,13-14,18H,4-5,10-12,15,25H2,1-3H3,(H,26,28). The molecular formula is C24H31N3O4S. The number of sulfone groups is 1. The van der Waals surface area contributed by atoms with Gasteiger partial charge in [-0.25, -0.2) is 8.42 Å². The maximum atomic E-state index is 13.5. The van der Waals surface area contributed by atoms with Gasteiger partial charge in [-0.05, 0) is 50.7 Å². The number of ether oxygens (including phenoxy) is 1. The van der Waals surface area contributed by atoms with Crippen molar-refractivity contribution in [2.24, 2.45) is 0 Å². The number of methoxy groups -OCH3 is 1. The number of nitrogens with one attached hydrogen (secondary N) is 1. The Balaban J connectivity index is 1.66. The summed E-state index contributed by atoms with van der Waals surface area (Å²) >= 11 is 0. The minimum absolute atomic E-state index is 0.0644. The number of aryl methyl sites for hydroxylation is 1. The van der Waals surface area contributed by atoms with Gasteiger partial charge < -0.3 is 15.8 Å². The molecule has 2 atom stereocenters. The Morgan fingerprint density at radius 1 is 1.22 bits per heavy atom. The summed E-state index contributed by atoms with van der Waals surface area (Å²) in [6.07, 6.45) is 6.00. The molecule has 2 unspecified atom stereocenters. The lowest BCUT2D eigenvalue weighted by atomic mass is 9.95. The van der Waals surface area contributed by atoms with Gasteiger partial charge in [0.05, 0.1) is 28.9 Å². The van der Waals surface area contributed by atoms with Crippen LogP contribution in [0.3, 0.4) is 0 Å². The van der Waals surface area contributed by atoms with E-state index in [2.05, 4.69) is 41.4 Å². The number of piperidine rings is 1. The van der Waals surface area contributed by atoms with E-state index in [4.69, 9.17) is 10.5 Å². The number of nitrogens with zero attached hydrogens (tertiary/aromatic N) is 1. The summed E-state index contributed by atoms with van der Waals surface area (Å²) in [5.41, 5.74) is 8.14. The van der Waals surface area contributed by atoms with E-state index in [1.165, 1.54) is 30.4 Å². The second-order valence-corrected chi connectivity index (χ2v) is 11.0. The van der Waals surface area contributed by atoms with Crippen LogP contribution in [0.5, 0.6) is 5.75 Å². The third-order valence-corrected chi connectivity index (χ3v) is 7.96. The average molecular weight is 458 g/mol. The maximum absolute atomic E-state index is 13.5. The zero-order valence-electron chi connectivity index (χ0n) is 18.8. The summed E-state index contributed by atoms with van der Waals surface area (Å²) in [6, 6.07) is 11.7. The van der Waals surface area contributed by atoms with Gasteiger partial charge in [0, 0.05) is 24.9 Å². The number of carbonyl (C=O) groups excluding carboxylic acids is 1. The van der Waals surface area contributed by atoms with Crippen molar-refractivity contribution < 1.29 is 17.9 Å². The van der Waals surface area contributed by atoms with Crippen molar-refractivity contribution in [2.45, 2.75) is 62.2 Å². The van der Waals surface area contributed by atoms with Crippen LogP contribution >= 0.6 is 0 Å². The number of nitrogen functional groups attached to an aromatic ring is 1. The zero-order valence-corrected chi connectivity index (χ0v) is 19.7. The fraction of sp³-hybridized carbons (Fsp3) is 0.458. The first kappa shape index (κ1) is 22.6. The van der Waals surface area contributed by atoms with Crippen LogP contribution < -0.4 is 15.8 Å². The summed E-state index contributed by atoms with van der Waals surface area (Å²) in [7, 11) is -2.14. The zero-order chi connectivity index (χ0) is 23.1. The molecule has 2 saturated heterocycles. The maximum Gasteiger partial charge on any atom is 0.256 e. The quantitative estimate of drug-likeness (QED) is 0.646. The van der Waals surface area contributed by atoms with Crippen molar-refractivity contribution in [1.29, 1.82) is 0 Å². The number of carbonyl (C=O) groups is 1. The number of amides is 1. The molecule has 0 spiro atoms. The molecule has 1 amide bonds. The molecule has 0 aliphatic carbocycles. The van der Waals surface area contributed by atoms with Gasteiger partial charge in [-0.3, -0.25) is 9.69 Å². The predicted molar refractivity (Wildman–Crippen MR) is 124 cm³/mol. The van der Waals surface area contributed by atoms with Crippen molar-refractivity contribution in [3.8, 4) is 5.75 Å². The third-order valence-electron chi connectivity index (χ3n) is 6.81. The largest absolute Gasteiger partial charge is 0.496 e. The van der Waals surface area contributed by atoms with Crippen LogP contribution in [0.2, 0.25) is 0 Å². The lowest BCUT2D eigenvalue weighted by Crippen LogP contribution is -2.60. The molecule has 0 radical (unpaired) electrons. The molecule has 4 rings (SSSR count). The second kappa shape index (κ2) is 8.41. The Hall–Kier alpha value is -2.58. The van der Waals surface area contributed by atoms with Gasteiger partial charge in [0.25, 0.3) is 5.91 Å². The number of nitrogens with two attached hydrogens (primary N) is 1. The average Bonchev–Trinajstić information content (AvgIpc) is 2.91. The van der Waals surface area contributed by atoms with Gasteiger partial charge in [-0.1, -0.05) is 29.8 Å². The highest BCUT2D eigenvalue weighted by molar-refractivity contribution is 7.90. The van der Waals surface area contributed by atoms with Crippen molar-refractivity contribution in [3.05, 3.63) is 53.1 Å². The number of fused-ring (bicyclic) bond motifs is 2. The summed E-state index contributed by atoms with van der Waals surface area (Å²) < 4.78 is 29.7. The molecule has 2 bridgehead atoms. The Kier molecular flexibility index (Phi) is 5.94. The monoisotopic (exact) mass is 457 g/mol. The molecule has 172 valence electrons. The van der Waals surface area contributed by atoms with E-state index in [1.807, 2.05) is 0 Å². The predicted octanol–water partition coefficient (Wildman–Crippen LogP) is 3.26. The number of anilines is 1. The summed E-state index contributed by atoms with van der Waals surface area (Å²) in [5, 5.41) is 3.27. The van der Waals surface area contributed by atoms with Crippen molar-refractivity contribution in [3.63, 3.8) is 0 Å². The van der Waals surface area contributed by atoms with Crippen LogP contribution in [0.1, 0.15) is 53.6 Å². The third kappa shape index (κ3) is 4.21. The van der Waals surface area contributed by atoms with Gasteiger partial charge in [0.15, 0.2) is 9.84 Å². The minimum atomic E-state index is -3.59. The highest BCUT2D eigenvalue weighted by Crippen LogP contribution is 2.44. The van der Waals surface area contributed by atoms with Crippen molar-refractivity contribution in [1.82, 2.24) is 10.2 Å². The highest BCUT2D eigenvalue weighted by atomic mass is 32.2. The molecule has 2 aliphatic heterocycles. The molecular weight excluding hydrogens is 426 g/mol. The van der Waals surface area contributed by atoms with Crippen LogP contribution in [-0.2, 0) is 16.4 Å². The van der Waals surface area contributed by atoms with Crippen LogP contribution in [0.25, 0.3) is 0 Å². The highest BCUT2D eigenvalue weighted by Gasteiger charge is 2.49. The SMILES string of the molecule is COc1cc(N)c(S(C)(=O)=O)cc1C(=O)NC12CCCC(CC1)N2Cc1ccc(C)cc1. The molecule has 8 heteroatoms. The summed E-state index contributed by atoms with van der Waals surface area (Å²) in [4.78, 5) is 15.8. The number of rotatable bonds is 6. The lowest BCUT2D eigenvalue weighted by molar-refractivity contribution is 0.0184. The molecule has 32 heavy (non-hydrogen) atoms. The van der Waals surface area contributed by atoms with Gasteiger partial charge in [0.2, 0.25) is 0 Å². The van der Waals surface area contributed by atoms with E-state index in [0.717, 1.165) is 44.9 Å². The molecule has 2 heterocycles. The summed E-state index contributed by atoms with van der Waals surface area (Å²) in [5.74, 6) is -0.0811. The van der Waals surface area contributed by atoms with E-state index in [-0.39, 0.29) is 27.8 Å². The van der Waals surface area contributed by atoms with E-state index in [1.54, 1.807) is 0 Å². The number of hydrogen-bond donors (Lipinski definition) is 2. The molecule has 3 N–H and O–H groups in total. The normalized spacial score (nSPS) is 23.2. The van der Waals surface area contributed by atoms with Crippen LogP contribution in [0.15, 0.2) is 41.3 Å².